The minimum absolute atomic E-state index is 0.0124. The highest BCUT2D eigenvalue weighted by molar-refractivity contribution is 7.99. The Kier molecular flexibility index (Phi) is 6.97. The van der Waals surface area contributed by atoms with Crippen molar-refractivity contribution in [2.45, 2.75) is 15.5 Å². The maximum atomic E-state index is 12.8. The van der Waals surface area contributed by atoms with Crippen molar-refractivity contribution >= 4 is 39.4 Å². The van der Waals surface area contributed by atoms with Gasteiger partial charge in [0.15, 0.2) is 0 Å². The van der Waals surface area contributed by atoms with E-state index < -0.39 is 32.6 Å². The van der Waals surface area contributed by atoms with Gasteiger partial charge in [-0.15, -0.1) is 0 Å². The van der Waals surface area contributed by atoms with Crippen molar-refractivity contribution in [3.63, 3.8) is 0 Å². The van der Waals surface area contributed by atoms with Crippen LogP contribution in [0.15, 0.2) is 52.3 Å². The number of carbonyl (C=O) groups excluding carboxylic acids is 2. The van der Waals surface area contributed by atoms with Gasteiger partial charge in [0.25, 0.3) is 15.8 Å². The summed E-state index contributed by atoms with van der Waals surface area (Å²) >= 11 is 0.176. The van der Waals surface area contributed by atoms with E-state index in [1.54, 1.807) is 0 Å². The molecule has 2 aromatic rings. The van der Waals surface area contributed by atoms with Crippen LogP contribution < -0.4 is 4.72 Å². The van der Waals surface area contributed by atoms with E-state index in [4.69, 9.17) is 0 Å². The number of nitrogens with one attached hydrogen (secondary N) is 1. The molecule has 1 N–H and O–H groups in total. The van der Waals surface area contributed by atoms with Crippen LogP contribution >= 0.6 is 11.8 Å². The van der Waals surface area contributed by atoms with Gasteiger partial charge in [-0.2, -0.15) is 8.78 Å². The molecule has 0 unspecified atom stereocenters. The van der Waals surface area contributed by atoms with E-state index in [9.17, 15) is 26.8 Å². The molecule has 150 valence electrons. The zero-order valence-electron chi connectivity index (χ0n) is 14.6. The van der Waals surface area contributed by atoms with Gasteiger partial charge in [0.05, 0.1) is 35.9 Å². The zero-order valence-corrected chi connectivity index (χ0v) is 16.3. The molecule has 0 saturated heterocycles. The first-order valence-electron chi connectivity index (χ1n) is 7.56. The van der Waals surface area contributed by atoms with Gasteiger partial charge in [0, 0.05) is 4.90 Å². The number of benzene rings is 2. The normalized spacial score (nSPS) is 11.2. The maximum Gasteiger partial charge on any atom is 0.337 e. The van der Waals surface area contributed by atoms with Crippen molar-refractivity contribution in [2.75, 3.05) is 18.9 Å². The molecular weight excluding hydrogens is 416 g/mol. The maximum absolute atomic E-state index is 12.8. The average Bonchev–Trinajstić information content (AvgIpc) is 2.67. The number of alkyl halides is 2. The van der Waals surface area contributed by atoms with Crippen molar-refractivity contribution in [2.24, 2.45) is 0 Å². The highest BCUT2D eigenvalue weighted by Crippen LogP contribution is 2.33. The molecule has 2 rings (SSSR count). The predicted octanol–water partition coefficient (Wildman–Crippen LogP) is 3.38. The summed E-state index contributed by atoms with van der Waals surface area (Å²) < 4.78 is 62.2. The quantitative estimate of drug-likeness (QED) is 0.530. The van der Waals surface area contributed by atoms with Gasteiger partial charge in [-0.1, -0.05) is 23.9 Å². The Hall–Kier alpha value is -2.66. The third-order valence-electron chi connectivity index (χ3n) is 3.41. The molecule has 0 amide bonds. The van der Waals surface area contributed by atoms with Crippen molar-refractivity contribution in [1.82, 2.24) is 0 Å². The summed E-state index contributed by atoms with van der Waals surface area (Å²) in [6, 6.07) is 8.73. The molecule has 0 spiro atoms. The fourth-order valence-electron chi connectivity index (χ4n) is 2.18. The lowest BCUT2D eigenvalue weighted by Gasteiger charge is -2.13. The number of carbonyl (C=O) groups is 2. The predicted molar refractivity (Wildman–Crippen MR) is 98.2 cm³/mol. The highest BCUT2D eigenvalue weighted by atomic mass is 32.2. The second-order valence-electron chi connectivity index (χ2n) is 5.21. The standard InChI is InChI=1S/C17H15F2NO6S2/c1-25-15(21)10-7-11(16(22)26-2)9-12(8-10)28(23,24)20-13-5-3-4-6-14(13)27-17(18)19/h3-9,17,20H,1-2H3. The first kappa shape index (κ1) is 21.6. The Morgan fingerprint density at radius 2 is 1.54 bits per heavy atom. The summed E-state index contributed by atoms with van der Waals surface area (Å²) in [5.41, 5.74) is -0.460. The van der Waals surface area contributed by atoms with Gasteiger partial charge in [0.1, 0.15) is 0 Å². The second kappa shape index (κ2) is 9.02. The third kappa shape index (κ3) is 5.20. The Morgan fingerprint density at radius 3 is 2.04 bits per heavy atom. The van der Waals surface area contributed by atoms with Crippen LogP contribution in [-0.4, -0.2) is 40.3 Å². The molecule has 0 aliphatic rings. The van der Waals surface area contributed by atoms with Crippen LogP contribution in [0.25, 0.3) is 0 Å². The lowest BCUT2D eigenvalue weighted by Crippen LogP contribution is -2.16. The molecule has 0 saturated carbocycles. The number of hydrogen-bond acceptors (Lipinski definition) is 7. The van der Waals surface area contributed by atoms with Crippen molar-refractivity contribution in [1.29, 1.82) is 0 Å². The summed E-state index contributed by atoms with van der Waals surface area (Å²) in [6.07, 6.45) is 0. The van der Waals surface area contributed by atoms with Gasteiger partial charge in [-0.25, -0.2) is 18.0 Å². The molecule has 0 aliphatic heterocycles. The van der Waals surface area contributed by atoms with Crippen LogP contribution in [0.4, 0.5) is 14.5 Å². The summed E-state index contributed by atoms with van der Waals surface area (Å²) in [5, 5.41) is 0. The summed E-state index contributed by atoms with van der Waals surface area (Å²) in [5.74, 6) is -4.48. The first-order valence-corrected chi connectivity index (χ1v) is 9.92. The van der Waals surface area contributed by atoms with E-state index in [0.29, 0.717) is 0 Å². The largest absolute Gasteiger partial charge is 0.465 e. The van der Waals surface area contributed by atoms with E-state index >= 15 is 0 Å². The third-order valence-corrected chi connectivity index (χ3v) is 5.54. The molecule has 7 nitrogen and oxygen atoms in total. The number of sulfonamides is 1. The number of rotatable bonds is 7. The molecule has 28 heavy (non-hydrogen) atoms. The first-order chi connectivity index (χ1) is 13.2. The number of ether oxygens (including phenoxy) is 2. The van der Waals surface area contributed by atoms with E-state index in [1.165, 1.54) is 24.3 Å². The molecule has 2 aromatic carbocycles. The second-order valence-corrected chi connectivity index (χ2v) is 7.92. The molecule has 0 aliphatic carbocycles. The van der Waals surface area contributed by atoms with Crippen LogP contribution in [0.1, 0.15) is 20.7 Å². The van der Waals surface area contributed by atoms with Crippen molar-refractivity contribution < 1.29 is 36.3 Å². The van der Waals surface area contributed by atoms with Crippen LogP contribution in [0.5, 0.6) is 0 Å². The molecule has 0 radical (unpaired) electrons. The van der Waals surface area contributed by atoms with E-state index in [0.717, 1.165) is 32.4 Å². The smallest absolute Gasteiger partial charge is 0.337 e. The number of methoxy groups -OCH3 is 2. The van der Waals surface area contributed by atoms with E-state index in [1.807, 2.05) is 0 Å². The topological polar surface area (TPSA) is 98.8 Å². The molecule has 0 atom stereocenters. The van der Waals surface area contributed by atoms with Gasteiger partial charge in [-0.3, -0.25) is 4.72 Å². The number of anilines is 1. The minimum atomic E-state index is -4.32. The van der Waals surface area contributed by atoms with E-state index in [-0.39, 0.29) is 33.5 Å². The highest BCUT2D eigenvalue weighted by Gasteiger charge is 2.22. The minimum Gasteiger partial charge on any atom is -0.465 e. The number of esters is 2. The molecule has 0 aromatic heterocycles. The summed E-state index contributed by atoms with van der Waals surface area (Å²) in [4.78, 5) is 23.2. The number of hydrogen-bond donors (Lipinski definition) is 1. The van der Waals surface area contributed by atoms with Crippen molar-refractivity contribution in [3.05, 3.63) is 53.6 Å². The zero-order chi connectivity index (χ0) is 20.9. The SMILES string of the molecule is COC(=O)c1cc(C(=O)OC)cc(S(=O)(=O)Nc2ccccc2SC(F)F)c1. The number of para-hydroxylation sites is 1. The molecule has 0 bridgehead atoms. The van der Waals surface area contributed by atoms with Crippen LogP contribution in [0.2, 0.25) is 0 Å². The molecule has 0 fully saturated rings. The summed E-state index contributed by atoms with van der Waals surface area (Å²) in [6.45, 7) is 0. The fraction of sp³-hybridized carbons (Fsp3) is 0.176. The average molecular weight is 431 g/mol. The monoisotopic (exact) mass is 431 g/mol. The Bertz CT molecular complexity index is 961. The van der Waals surface area contributed by atoms with Gasteiger partial charge < -0.3 is 9.47 Å². The van der Waals surface area contributed by atoms with Crippen molar-refractivity contribution in [3.8, 4) is 0 Å². The van der Waals surface area contributed by atoms with E-state index in [2.05, 4.69) is 14.2 Å². The summed E-state index contributed by atoms with van der Waals surface area (Å²) in [7, 11) is -2.13. The molecule has 11 heteroatoms. The molecule has 0 heterocycles. The lowest BCUT2D eigenvalue weighted by molar-refractivity contribution is 0.0598. The Balaban J connectivity index is 2.51. The van der Waals surface area contributed by atoms with Crippen LogP contribution in [0.3, 0.4) is 0 Å². The lowest BCUT2D eigenvalue weighted by atomic mass is 10.1. The fourth-order valence-corrected chi connectivity index (χ4v) is 3.99. The number of halogens is 2. The van der Waals surface area contributed by atoms with Crippen LogP contribution in [0, 0.1) is 0 Å². The van der Waals surface area contributed by atoms with Gasteiger partial charge in [0.2, 0.25) is 0 Å². The van der Waals surface area contributed by atoms with Gasteiger partial charge >= 0.3 is 11.9 Å². The van der Waals surface area contributed by atoms with Crippen LogP contribution in [-0.2, 0) is 19.5 Å². The Labute approximate surface area is 164 Å². The van der Waals surface area contributed by atoms with Gasteiger partial charge in [-0.05, 0) is 30.3 Å². The Morgan fingerprint density at radius 1 is 1.00 bits per heavy atom. The number of thioether (sulfide) groups is 1. The molecular formula is C17H15F2NO6S2.